The minimum Gasteiger partial charge on any atom is -0.326 e. The number of nitrogens with one attached hydrogen (secondary N) is 1. The summed E-state index contributed by atoms with van der Waals surface area (Å²) in [7, 11) is -3.88. The Morgan fingerprint density at radius 3 is 2.63 bits per heavy atom. The molecule has 0 heterocycles. The average molecular weight is 353 g/mol. The van der Waals surface area contributed by atoms with Gasteiger partial charge >= 0.3 is 0 Å². The fraction of sp³-hybridized carbons (Fsp3) is 0.500. The van der Waals surface area contributed by atoms with E-state index in [1.165, 1.54) is 12.1 Å². The van der Waals surface area contributed by atoms with Crippen molar-refractivity contribution in [3.63, 3.8) is 0 Å². The van der Waals surface area contributed by atoms with Crippen LogP contribution in [0.15, 0.2) is 21.5 Å². The van der Waals surface area contributed by atoms with E-state index in [2.05, 4.69) is 20.7 Å². The number of sulfonamides is 1. The molecule has 19 heavy (non-hydrogen) atoms. The molecule has 108 valence electrons. The number of rotatable bonds is 6. The molecule has 0 fully saturated rings. The smallest absolute Gasteiger partial charge is 0.243 e. The van der Waals surface area contributed by atoms with Gasteiger partial charge in [0.15, 0.2) is 0 Å². The molecular formula is C12H18BrFN2O2S. The van der Waals surface area contributed by atoms with Gasteiger partial charge in [-0.1, -0.05) is 29.3 Å². The van der Waals surface area contributed by atoms with Crippen molar-refractivity contribution in [2.75, 3.05) is 0 Å². The third kappa shape index (κ3) is 4.24. The van der Waals surface area contributed by atoms with E-state index in [0.29, 0.717) is 10.9 Å². The average Bonchev–Trinajstić information content (AvgIpc) is 2.31. The van der Waals surface area contributed by atoms with Gasteiger partial charge < -0.3 is 5.73 Å². The molecule has 0 bridgehead atoms. The molecule has 1 aromatic rings. The molecule has 0 aliphatic heterocycles. The van der Waals surface area contributed by atoms with Crippen molar-refractivity contribution in [1.29, 1.82) is 0 Å². The van der Waals surface area contributed by atoms with Crippen LogP contribution in [0, 0.1) is 5.82 Å². The van der Waals surface area contributed by atoms with Gasteiger partial charge in [-0.25, -0.2) is 17.5 Å². The second-order valence-corrected chi connectivity index (χ2v) is 6.99. The lowest BCUT2D eigenvalue weighted by molar-refractivity contribution is 0.527. The monoisotopic (exact) mass is 352 g/mol. The van der Waals surface area contributed by atoms with Gasteiger partial charge in [-0.05, 0) is 25.5 Å². The van der Waals surface area contributed by atoms with Gasteiger partial charge in [0.05, 0.1) is 0 Å². The lowest BCUT2D eigenvalue weighted by atomic mass is 10.2. The summed E-state index contributed by atoms with van der Waals surface area (Å²) in [6.07, 6.45) is 1.54. The zero-order valence-electron chi connectivity index (χ0n) is 10.9. The Balaban J connectivity index is 3.18. The summed E-state index contributed by atoms with van der Waals surface area (Å²) < 4.78 is 41.3. The largest absolute Gasteiger partial charge is 0.326 e. The zero-order chi connectivity index (χ0) is 14.6. The fourth-order valence-electron chi connectivity index (χ4n) is 1.78. The number of benzene rings is 1. The molecular weight excluding hydrogens is 335 g/mol. The van der Waals surface area contributed by atoms with Crippen molar-refractivity contribution in [2.24, 2.45) is 5.73 Å². The van der Waals surface area contributed by atoms with Crippen LogP contribution in [0.25, 0.3) is 0 Å². The molecule has 0 aliphatic rings. The molecule has 7 heteroatoms. The SMILES string of the molecule is CCCC(C)NS(=O)(=O)c1cc(Br)cc(CN)c1F. The Labute approximate surface area is 121 Å². The molecule has 1 aromatic carbocycles. The van der Waals surface area contributed by atoms with Crippen molar-refractivity contribution >= 4 is 26.0 Å². The molecule has 0 radical (unpaired) electrons. The maximum absolute atomic E-state index is 14.1. The van der Waals surface area contributed by atoms with Crippen LogP contribution in [0.5, 0.6) is 0 Å². The Kier molecular flexibility index (Phi) is 5.91. The van der Waals surface area contributed by atoms with Crippen LogP contribution in [0.2, 0.25) is 0 Å². The maximum atomic E-state index is 14.1. The van der Waals surface area contributed by atoms with Gasteiger partial charge in [-0.2, -0.15) is 0 Å². The summed E-state index contributed by atoms with van der Waals surface area (Å²) in [5.74, 6) is -0.790. The van der Waals surface area contributed by atoms with E-state index >= 15 is 0 Å². The van der Waals surface area contributed by atoms with E-state index in [4.69, 9.17) is 5.73 Å². The predicted octanol–water partition coefficient (Wildman–Crippen LogP) is 2.51. The Morgan fingerprint density at radius 2 is 2.11 bits per heavy atom. The predicted molar refractivity (Wildman–Crippen MR) is 76.7 cm³/mol. The highest BCUT2D eigenvalue weighted by Crippen LogP contribution is 2.24. The van der Waals surface area contributed by atoms with E-state index in [1.54, 1.807) is 6.92 Å². The van der Waals surface area contributed by atoms with Crippen LogP contribution in [0.4, 0.5) is 4.39 Å². The lowest BCUT2D eigenvalue weighted by Gasteiger charge is -2.15. The first-order valence-corrected chi connectivity index (χ1v) is 8.29. The van der Waals surface area contributed by atoms with Crippen LogP contribution >= 0.6 is 15.9 Å². The molecule has 1 rings (SSSR count). The third-order valence-electron chi connectivity index (χ3n) is 2.67. The van der Waals surface area contributed by atoms with Crippen molar-refractivity contribution in [2.45, 2.75) is 44.2 Å². The van der Waals surface area contributed by atoms with Gasteiger partial charge in [0.25, 0.3) is 0 Å². The summed E-state index contributed by atoms with van der Waals surface area (Å²) in [5.41, 5.74) is 5.57. The van der Waals surface area contributed by atoms with Crippen LogP contribution in [-0.4, -0.2) is 14.5 Å². The Morgan fingerprint density at radius 1 is 1.47 bits per heavy atom. The molecule has 1 unspecified atom stereocenters. The first-order valence-electron chi connectivity index (χ1n) is 6.02. The molecule has 0 amide bonds. The number of halogens is 2. The van der Waals surface area contributed by atoms with Gasteiger partial charge in [0.2, 0.25) is 10.0 Å². The summed E-state index contributed by atoms with van der Waals surface area (Å²) in [5, 5.41) is 0. The van der Waals surface area contributed by atoms with Crippen molar-refractivity contribution < 1.29 is 12.8 Å². The molecule has 0 aromatic heterocycles. The number of nitrogens with two attached hydrogens (primary N) is 1. The van der Waals surface area contributed by atoms with Gasteiger partial charge in [0.1, 0.15) is 10.7 Å². The molecule has 1 atom stereocenters. The van der Waals surface area contributed by atoms with Crippen molar-refractivity contribution in [3.05, 3.63) is 28.0 Å². The highest BCUT2D eigenvalue weighted by atomic mass is 79.9. The van der Waals surface area contributed by atoms with Gasteiger partial charge in [-0.3, -0.25) is 0 Å². The van der Waals surface area contributed by atoms with Crippen LogP contribution in [0.3, 0.4) is 0 Å². The Hall–Kier alpha value is -0.500. The second-order valence-electron chi connectivity index (χ2n) is 4.39. The van der Waals surface area contributed by atoms with Crippen LogP contribution in [-0.2, 0) is 16.6 Å². The summed E-state index contributed by atoms with van der Waals surface area (Å²) in [6, 6.07) is 2.48. The molecule has 0 saturated heterocycles. The van der Waals surface area contributed by atoms with Crippen molar-refractivity contribution in [1.82, 2.24) is 4.72 Å². The topological polar surface area (TPSA) is 72.2 Å². The van der Waals surface area contributed by atoms with E-state index in [0.717, 1.165) is 6.42 Å². The van der Waals surface area contributed by atoms with E-state index < -0.39 is 15.8 Å². The number of hydrogen-bond donors (Lipinski definition) is 2. The molecule has 4 nitrogen and oxygen atoms in total. The summed E-state index contributed by atoms with van der Waals surface area (Å²) >= 11 is 3.16. The third-order valence-corrected chi connectivity index (χ3v) is 4.71. The van der Waals surface area contributed by atoms with E-state index in [9.17, 15) is 12.8 Å². The lowest BCUT2D eigenvalue weighted by Crippen LogP contribution is -2.33. The normalized spacial score (nSPS) is 13.5. The molecule has 0 saturated carbocycles. The molecule has 0 spiro atoms. The second kappa shape index (κ2) is 6.78. The van der Waals surface area contributed by atoms with E-state index in [-0.39, 0.29) is 23.0 Å². The van der Waals surface area contributed by atoms with Gasteiger partial charge in [0, 0.05) is 22.6 Å². The Bertz CT molecular complexity index is 549. The van der Waals surface area contributed by atoms with Gasteiger partial charge in [-0.15, -0.1) is 0 Å². The maximum Gasteiger partial charge on any atom is 0.243 e. The summed E-state index contributed by atoms with van der Waals surface area (Å²) in [4.78, 5) is -0.370. The highest BCUT2D eigenvalue weighted by molar-refractivity contribution is 9.10. The summed E-state index contributed by atoms with van der Waals surface area (Å²) in [6.45, 7) is 3.65. The van der Waals surface area contributed by atoms with Crippen molar-refractivity contribution in [3.8, 4) is 0 Å². The number of hydrogen-bond acceptors (Lipinski definition) is 3. The fourth-order valence-corrected chi connectivity index (χ4v) is 3.86. The minimum absolute atomic E-state index is 0.0572. The first-order chi connectivity index (χ1) is 8.81. The molecule has 3 N–H and O–H groups in total. The zero-order valence-corrected chi connectivity index (χ0v) is 13.3. The van der Waals surface area contributed by atoms with Crippen LogP contribution in [0.1, 0.15) is 32.3 Å². The van der Waals surface area contributed by atoms with E-state index in [1.807, 2.05) is 6.92 Å². The minimum atomic E-state index is -3.88. The standard InChI is InChI=1S/C12H18BrFN2O2S/c1-3-4-8(2)16-19(17,18)11-6-10(13)5-9(7-15)12(11)14/h5-6,8,16H,3-4,7,15H2,1-2H3. The highest BCUT2D eigenvalue weighted by Gasteiger charge is 2.23. The molecule has 0 aliphatic carbocycles. The quantitative estimate of drug-likeness (QED) is 0.826. The van der Waals surface area contributed by atoms with Crippen LogP contribution < -0.4 is 10.5 Å². The first kappa shape index (κ1) is 16.6.